The number of hydrogen-bond acceptors (Lipinski definition) is 2. The Morgan fingerprint density at radius 1 is 0.793 bits per heavy atom. The Hall–Kier alpha value is -2.45. The first-order valence-corrected chi connectivity index (χ1v) is 11.5. The van der Waals surface area contributed by atoms with Crippen molar-refractivity contribution < 1.29 is 9.30 Å². The molecule has 0 bridgehead atoms. The number of hydrogen-bond donors (Lipinski definition) is 1. The van der Waals surface area contributed by atoms with Crippen LogP contribution in [0.2, 0.25) is 0 Å². The highest BCUT2D eigenvalue weighted by Crippen LogP contribution is 2.53. The highest BCUT2D eigenvalue weighted by atomic mass is 35.5. The number of rotatable bonds is 7. The molecule has 0 unspecified atom stereocenters. The third kappa shape index (κ3) is 6.01. The SMILES string of the molecule is COc1ccc(NP(=O)(/C=C(/Cl)c2ccccc2)/C=C(/Cl)c2ccccc2)cc1. The van der Waals surface area contributed by atoms with Gasteiger partial charge in [-0.1, -0.05) is 83.9 Å². The molecule has 0 aliphatic heterocycles. The molecule has 3 aromatic carbocycles. The number of halogens is 2. The summed E-state index contributed by atoms with van der Waals surface area (Å²) in [4.78, 5) is 0. The molecule has 148 valence electrons. The van der Waals surface area contributed by atoms with Crippen molar-refractivity contribution in [3.05, 3.63) is 108 Å². The van der Waals surface area contributed by atoms with Gasteiger partial charge in [0.2, 0.25) is 7.29 Å². The van der Waals surface area contributed by atoms with Crippen LogP contribution in [0.25, 0.3) is 10.1 Å². The van der Waals surface area contributed by atoms with E-state index in [4.69, 9.17) is 27.9 Å². The van der Waals surface area contributed by atoms with Crippen LogP contribution in [0.3, 0.4) is 0 Å². The average Bonchev–Trinajstić information content (AvgIpc) is 2.75. The molecule has 6 heteroatoms. The Bertz CT molecular complexity index is 990. The molecular formula is C23H20Cl2NO2P. The molecule has 0 radical (unpaired) electrons. The lowest BCUT2D eigenvalue weighted by Gasteiger charge is -2.16. The molecule has 0 amide bonds. The van der Waals surface area contributed by atoms with Gasteiger partial charge >= 0.3 is 0 Å². The summed E-state index contributed by atoms with van der Waals surface area (Å²) in [5, 5.41) is 3.84. The van der Waals surface area contributed by atoms with Crippen molar-refractivity contribution in [1.29, 1.82) is 0 Å². The van der Waals surface area contributed by atoms with Gasteiger partial charge < -0.3 is 9.82 Å². The number of methoxy groups -OCH3 is 1. The molecule has 0 aliphatic rings. The topological polar surface area (TPSA) is 38.3 Å². The molecule has 0 heterocycles. The third-order valence-corrected chi connectivity index (χ3v) is 6.95. The van der Waals surface area contributed by atoms with Crippen molar-refractivity contribution in [3.8, 4) is 5.75 Å². The number of anilines is 1. The summed E-state index contributed by atoms with van der Waals surface area (Å²) < 4.78 is 19.0. The zero-order valence-corrected chi connectivity index (χ0v) is 18.2. The van der Waals surface area contributed by atoms with Crippen LogP contribution in [-0.4, -0.2) is 7.11 Å². The van der Waals surface area contributed by atoms with E-state index in [0.717, 1.165) is 11.1 Å². The average molecular weight is 444 g/mol. The zero-order valence-electron chi connectivity index (χ0n) is 15.8. The molecule has 3 nitrogen and oxygen atoms in total. The first-order chi connectivity index (χ1) is 14.0. The maximum atomic E-state index is 13.8. The minimum absolute atomic E-state index is 0.378. The van der Waals surface area contributed by atoms with Gasteiger partial charge in [-0.2, -0.15) is 0 Å². The fourth-order valence-electron chi connectivity index (χ4n) is 2.65. The Morgan fingerprint density at radius 2 is 1.24 bits per heavy atom. The summed E-state index contributed by atoms with van der Waals surface area (Å²) in [6, 6.07) is 25.9. The van der Waals surface area contributed by atoms with Crippen LogP contribution in [0.1, 0.15) is 11.1 Å². The van der Waals surface area contributed by atoms with E-state index in [1.165, 1.54) is 11.6 Å². The molecule has 0 atom stereocenters. The molecule has 3 rings (SSSR count). The Kier molecular flexibility index (Phi) is 7.22. The van der Waals surface area contributed by atoms with Crippen molar-refractivity contribution >= 4 is 46.2 Å². The van der Waals surface area contributed by atoms with Gasteiger partial charge in [-0.05, 0) is 35.4 Å². The second kappa shape index (κ2) is 9.84. The zero-order chi connectivity index (χ0) is 20.7. The summed E-state index contributed by atoms with van der Waals surface area (Å²) in [7, 11) is -1.69. The van der Waals surface area contributed by atoms with Crippen LogP contribution in [-0.2, 0) is 4.57 Å². The number of ether oxygens (including phenoxy) is 1. The molecule has 0 saturated heterocycles. The van der Waals surface area contributed by atoms with Crippen LogP contribution in [0.5, 0.6) is 5.75 Å². The number of nitrogens with one attached hydrogen (secondary N) is 1. The van der Waals surface area contributed by atoms with E-state index in [9.17, 15) is 4.57 Å². The summed E-state index contributed by atoms with van der Waals surface area (Å²) in [6.07, 6.45) is 0. The third-order valence-electron chi connectivity index (χ3n) is 4.10. The molecule has 1 N–H and O–H groups in total. The Labute approximate surface area is 181 Å². The summed E-state index contributed by atoms with van der Waals surface area (Å²) in [6.45, 7) is 0. The first-order valence-electron chi connectivity index (χ1n) is 8.88. The highest BCUT2D eigenvalue weighted by Gasteiger charge is 2.19. The molecule has 0 saturated carbocycles. The van der Waals surface area contributed by atoms with Gasteiger partial charge in [-0.3, -0.25) is 4.57 Å². The van der Waals surface area contributed by atoms with Crippen molar-refractivity contribution in [2.75, 3.05) is 12.2 Å². The first kappa shape index (κ1) is 21.3. The van der Waals surface area contributed by atoms with Crippen LogP contribution in [0.15, 0.2) is 96.6 Å². The summed E-state index contributed by atoms with van der Waals surface area (Å²) in [5.74, 6) is 3.76. The van der Waals surface area contributed by atoms with E-state index < -0.39 is 7.29 Å². The molecule has 29 heavy (non-hydrogen) atoms. The van der Waals surface area contributed by atoms with Crippen LogP contribution >= 0.6 is 30.5 Å². The molecule has 0 aliphatic carbocycles. The van der Waals surface area contributed by atoms with Crippen molar-refractivity contribution in [2.24, 2.45) is 0 Å². The van der Waals surface area contributed by atoms with Gasteiger partial charge in [-0.15, -0.1) is 0 Å². The normalized spacial score (nSPS) is 12.5. The Morgan fingerprint density at radius 3 is 1.66 bits per heavy atom. The van der Waals surface area contributed by atoms with Crippen molar-refractivity contribution in [2.45, 2.75) is 0 Å². The standard InChI is InChI=1S/C23H20Cl2NO2P/c1-28-21-14-12-20(13-15-21)26-29(27,16-22(24)18-8-4-2-5-9-18)17-23(25)19-10-6-3-7-11-19/h2-17H,1H3,(H,26,27)/b22-16+,23-17+. The van der Waals surface area contributed by atoms with E-state index >= 15 is 0 Å². The Balaban J connectivity index is 2.01. The molecule has 3 aromatic rings. The minimum Gasteiger partial charge on any atom is -0.497 e. The quantitative estimate of drug-likeness (QED) is 0.377. The van der Waals surface area contributed by atoms with Gasteiger partial charge in [0.25, 0.3) is 0 Å². The van der Waals surface area contributed by atoms with E-state index in [0.29, 0.717) is 21.5 Å². The number of benzene rings is 3. The molecule has 0 fully saturated rings. The van der Waals surface area contributed by atoms with Gasteiger partial charge in [-0.25, -0.2) is 0 Å². The van der Waals surface area contributed by atoms with Crippen LogP contribution in [0.4, 0.5) is 5.69 Å². The summed E-state index contributed by atoms with van der Waals surface area (Å²) in [5.41, 5.74) is 2.21. The van der Waals surface area contributed by atoms with E-state index in [1.807, 2.05) is 60.7 Å². The van der Waals surface area contributed by atoms with Gasteiger partial charge in [0.05, 0.1) is 17.2 Å². The fourth-order valence-corrected chi connectivity index (χ4v) is 5.50. The van der Waals surface area contributed by atoms with E-state index in [1.54, 1.807) is 31.4 Å². The van der Waals surface area contributed by atoms with Crippen LogP contribution in [0, 0.1) is 0 Å². The van der Waals surface area contributed by atoms with E-state index in [2.05, 4.69) is 5.09 Å². The second-order valence-corrected chi connectivity index (χ2v) is 9.21. The second-order valence-electron chi connectivity index (χ2n) is 6.24. The molecule has 0 spiro atoms. The molecular weight excluding hydrogens is 424 g/mol. The largest absolute Gasteiger partial charge is 0.497 e. The van der Waals surface area contributed by atoms with Crippen LogP contribution < -0.4 is 9.82 Å². The predicted octanol–water partition coefficient (Wildman–Crippen LogP) is 7.86. The minimum atomic E-state index is -3.29. The molecule has 0 aromatic heterocycles. The van der Waals surface area contributed by atoms with Crippen molar-refractivity contribution in [1.82, 2.24) is 0 Å². The maximum absolute atomic E-state index is 13.8. The summed E-state index contributed by atoms with van der Waals surface area (Å²) >= 11 is 13.0. The van der Waals surface area contributed by atoms with Gasteiger partial charge in [0.15, 0.2) is 0 Å². The predicted molar refractivity (Wildman–Crippen MR) is 125 cm³/mol. The monoisotopic (exact) mass is 443 g/mol. The maximum Gasteiger partial charge on any atom is 0.216 e. The highest BCUT2D eigenvalue weighted by molar-refractivity contribution is 7.72. The van der Waals surface area contributed by atoms with Gasteiger partial charge in [0.1, 0.15) is 5.75 Å². The lowest BCUT2D eigenvalue weighted by atomic mass is 10.2. The fraction of sp³-hybridized carbons (Fsp3) is 0.0435. The smallest absolute Gasteiger partial charge is 0.216 e. The van der Waals surface area contributed by atoms with E-state index in [-0.39, 0.29) is 0 Å². The van der Waals surface area contributed by atoms with Gasteiger partial charge in [0, 0.05) is 17.3 Å². The lowest BCUT2D eigenvalue weighted by Crippen LogP contribution is -1.94. The van der Waals surface area contributed by atoms with Crippen molar-refractivity contribution in [3.63, 3.8) is 0 Å². The lowest BCUT2D eigenvalue weighted by molar-refractivity contribution is 0.415.